The van der Waals surface area contributed by atoms with Crippen LogP contribution in [0.15, 0.2) is 52.7 Å². The van der Waals surface area contributed by atoms with Crippen molar-refractivity contribution in [3.63, 3.8) is 0 Å². The highest BCUT2D eigenvalue weighted by Crippen LogP contribution is 2.47. The molecule has 0 spiro atoms. The van der Waals surface area contributed by atoms with Crippen molar-refractivity contribution in [2.45, 2.75) is 29.0 Å². The number of ether oxygens (including phenoxy) is 2. The highest BCUT2D eigenvalue weighted by molar-refractivity contribution is 7.92. The molecule has 13 nitrogen and oxygen atoms in total. The number of hydrogen-bond acceptors (Lipinski definition) is 10. The van der Waals surface area contributed by atoms with E-state index in [0.717, 1.165) is 42.9 Å². The van der Waals surface area contributed by atoms with E-state index >= 15 is 0 Å². The topological polar surface area (TPSA) is 244 Å². The number of quaternary nitrogens is 2. The molecule has 0 bridgehead atoms. The maximum absolute atomic E-state index is 14.1. The largest absolute Gasteiger partial charge is 0.777 e. The van der Waals surface area contributed by atoms with Gasteiger partial charge in [0.2, 0.25) is 0 Å². The van der Waals surface area contributed by atoms with Crippen LogP contribution >= 0.6 is 18.9 Å². The second kappa shape index (κ2) is 16.8. The number of rotatable bonds is 14. The van der Waals surface area contributed by atoms with Crippen molar-refractivity contribution < 1.29 is 71.2 Å². The molecule has 0 aliphatic carbocycles. The molecule has 1 heterocycles. The highest BCUT2D eigenvalue weighted by Gasteiger charge is 2.31. The monoisotopic (exact) mass is 712 g/mol. The number of thiophene rings is 1. The smallest absolute Gasteiger partial charge is 0.430 e. The van der Waals surface area contributed by atoms with E-state index < -0.39 is 41.4 Å². The third kappa shape index (κ3) is 11.3. The molecule has 8 N–H and O–H groups in total. The quantitative estimate of drug-likeness (QED) is 0.101. The lowest BCUT2D eigenvalue weighted by Crippen LogP contribution is -2.50. The van der Waals surface area contributed by atoms with E-state index in [2.05, 4.69) is 11.5 Å². The number of carbonyl (C=O) groups is 1. The lowest BCUT2D eigenvalue weighted by Gasteiger charge is -2.28. The van der Waals surface area contributed by atoms with Crippen LogP contribution < -0.4 is 35.7 Å². The van der Waals surface area contributed by atoms with Crippen LogP contribution in [0.5, 0.6) is 11.5 Å². The number of benzene rings is 2. The molecule has 2 aromatic carbocycles. The predicted molar refractivity (Wildman–Crippen MR) is 151 cm³/mol. The number of carboxylic acids is 1. The molecule has 0 saturated carbocycles. The molecule has 252 valence electrons. The van der Waals surface area contributed by atoms with Gasteiger partial charge in [-0.15, -0.1) is 11.3 Å². The maximum Gasteiger partial charge on any atom is 0.430 e. The fourth-order valence-electron chi connectivity index (χ4n) is 3.40. The molecule has 20 heteroatoms. The molecule has 0 fully saturated rings. The first-order valence-electron chi connectivity index (χ1n) is 13.1. The standard InChI is InChI=1S/C24H28FN4O7PS2.C2HF3O2/c25-19-13-17(3-4-18(19)15-28)24(37(30,31)32)29-39(33,34)23-8-7-22(38-23)16-5-6-20(35-11-1-9-26)21(14-16)36-12-2-10-27;3-2(4,5)1(6)7/h3-8,13-14,24,29H,1-2,9-12,26-27H2,(H2,30,31,32);(H,6,7). The van der Waals surface area contributed by atoms with Crippen LogP contribution in [-0.2, 0) is 19.4 Å². The van der Waals surface area contributed by atoms with Crippen molar-refractivity contribution in [2.24, 2.45) is 0 Å². The van der Waals surface area contributed by atoms with Gasteiger partial charge in [-0.3, -0.25) is 0 Å². The average Bonchev–Trinajstić information content (AvgIpc) is 3.48. The summed E-state index contributed by atoms with van der Waals surface area (Å²) in [5.41, 5.74) is 7.47. The summed E-state index contributed by atoms with van der Waals surface area (Å²) in [7, 11) is -9.85. The second-order valence-corrected chi connectivity index (χ2v) is 13.8. The SMILES string of the molecule is N#Cc1ccc(C(NS(=O)(=O)c2ccc(-c3ccc(OCCC[NH3+])c(OCCC[NH3+])c3)s2)P(=O)([O-])O)cc1F.O=C([O-])C(F)(F)F. The lowest BCUT2D eigenvalue weighted by molar-refractivity contribution is -0.369. The first-order chi connectivity index (χ1) is 21.4. The van der Waals surface area contributed by atoms with Gasteiger partial charge in [0, 0.05) is 17.7 Å². The number of sulfonamides is 1. The van der Waals surface area contributed by atoms with Crippen LogP contribution in [0.2, 0.25) is 0 Å². The van der Waals surface area contributed by atoms with Crippen LogP contribution in [0.4, 0.5) is 17.6 Å². The number of alkyl halides is 3. The first kappa shape index (κ1) is 38.6. The Bertz CT molecular complexity index is 1690. The zero-order chi connectivity index (χ0) is 34.7. The van der Waals surface area contributed by atoms with Crippen LogP contribution in [0.25, 0.3) is 10.4 Å². The molecular weight excluding hydrogens is 683 g/mol. The number of carbonyl (C=O) groups excluding carboxylic acids is 1. The molecule has 1 aromatic heterocycles. The van der Waals surface area contributed by atoms with Gasteiger partial charge < -0.3 is 45.2 Å². The van der Waals surface area contributed by atoms with Gasteiger partial charge in [-0.2, -0.15) is 23.2 Å². The lowest BCUT2D eigenvalue weighted by atomic mass is 10.1. The average molecular weight is 713 g/mol. The molecule has 0 amide bonds. The van der Waals surface area contributed by atoms with Crippen molar-refractivity contribution in [3.8, 4) is 28.0 Å². The summed E-state index contributed by atoms with van der Waals surface area (Å²) in [5, 5.41) is 17.7. The first-order valence-corrected chi connectivity index (χ1v) is 17.0. The third-order valence-electron chi connectivity index (χ3n) is 5.63. The summed E-state index contributed by atoms with van der Waals surface area (Å²) in [5.74, 6) is -5.21. The van der Waals surface area contributed by atoms with Gasteiger partial charge in [0.15, 0.2) is 19.1 Å². The van der Waals surface area contributed by atoms with Gasteiger partial charge in [-0.1, -0.05) is 6.07 Å². The van der Waals surface area contributed by atoms with Gasteiger partial charge in [0.25, 0.3) is 10.0 Å². The number of nitrogens with zero attached hydrogens (tertiary/aromatic N) is 1. The van der Waals surface area contributed by atoms with Gasteiger partial charge >= 0.3 is 6.18 Å². The van der Waals surface area contributed by atoms with E-state index in [1.54, 1.807) is 30.3 Å². The maximum atomic E-state index is 14.1. The van der Waals surface area contributed by atoms with Crippen molar-refractivity contribution in [3.05, 3.63) is 65.5 Å². The highest BCUT2D eigenvalue weighted by atomic mass is 32.2. The molecule has 2 unspecified atom stereocenters. The number of halogens is 4. The summed E-state index contributed by atoms with van der Waals surface area (Å²) in [6.07, 6.45) is -3.70. The van der Waals surface area contributed by atoms with E-state index in [1.807, 2.05) is 4.72 Å². The Kier molecular flexibility index (Phi) is 14.1. The molecule has 0 radical (unpaired) electrons. The van der Waals surface area contributed by atoms with Crippen molar-refractivity contribution in [1.82, 2.24) is 4.72 Å². The number of nitriles is 1. The van der Waals surface area contributed by atoms with Gasteiger partial charge in [0.05, 0.1) is 31.9 Å². The molecule has 3 rings (SSSR count). The zero-order valence-corrected chi connectivity index (χ0v) is 26.3. The third-order valence-corrected chi connectivity index (χ3v) is 9.94. The van der Waals surface area contributed by atoms with Crippen LogP contribution in [-0.4, -0.2) is 51.8 Å². The Morgan fingerprint density at radius 3 is 2.15 bits per heavy atom. The molecule has 0 aliphatic rings. The predicted octanol–water partition coefficient (Wildman–Crippen LogP) is 0.269. The summed E-state index contributed by atoms with van der Waals surface area (Å²) >= 11 is 0.859. The minimum Gasteiger partial charge on any atom is -0.777 e. The molecule has 0 saturated heterocycles. The van der Waals surface area contributed by atoms with Gasteiger partial charge in [-0.25, -0.2) is 12.8 Å². The molecule has 46 heavy (non-hydrogen) atoms. The van der Waals surface area contributed by atoms with Gasteiger partial charge in [-0.05, 0) is 53.6 Å². The van der Waals surface area contributed by atoms with E-state index in [-0.39, 0.29) is 15.3 Å². The fraction of sp³-hybridized carbons (Fsp3) is 0.308. The van der Waals surface area contributed by atoms with E-state index in [0.29, 0.717) is 47.8 Å². The van der Waals surface area contributed by atoms with E-state index in [9.17, 15) is 40.3 Å². The van der Waals surface area contributed by atoms with Crippen LogP contribution in [0, 0.1) is 17.1 Å². The fourth-order valence-corrected chi connectivity index (χ4v) is 7.27. The number of aliphatic carboxylic acids is 1. The summed E-state index contributed by atoms with van der Waals surface area (Å²) in [6.45, 7) is 2.28. The van der Waals surface area contributed by atoms with Crippen molar-refractivity contribution in [2.75, 3.05) is 26.3 Å². The summed E-state index contributed by atoms with van der Waals surface area (Å²) in [6, 6.07) is 12.3. The van der Waals surface area contributed by atoms with Gasteiger partial charge in [0.1, 0.15) is 27.8 Å². The Hall–Kier alpha value is -3.60. The molecule has 0 aliphatic heterocycles. The molecule has 3 aromatic rings. The molecular formula is C26H29F4N4O9PS2. The Morgan fingerprint density at radius 2 is 1.65 bits per heavy atom. The Morgan fingerprint density at radius 1 is 1.07 bits per heavy atom. The van der Waals surface area contributed by atoms with E-state index in [4.69, 9.17) is 24.6 Å². The Balaban J connectivity index is 0.000000942. The second-order valence-electron chi connectivity index (χ2n) is 9.12. The number of nitrogens with one attached hydrogen (secondary N) is 1. The van der Waals surface area contributed by atoms with Crippen molar-refractivity contribution >= 4 is 34.9 Å². The Labute approximate surface area is 264 Å². The summed E-state index contributed by atoms with van der Waals surface area (Å²) in [4.78, 5) is 31.1. The van der Waals surface area contributed by atoms with E-state index in [1.165, 1.54) is 6.07 Å². The van der Waals surface area contributed by atoms with Crippen LogP contribution in [0.3, 0.4) is 0 Å². The minimum absolute atomic E-state index is 0.236. The zero-order valence-electron chi connectivity index (χ0n) is 23.8. The van der Waals surface area contributed by atoms with Crippen LogP contribution in [0.1, 0.15) is 29.8 Å². The normalized spacial score (nSPS) is 13.5. The number of hydrogen-bond donors (Lipinski definition) is 4. The number of carboxylic acid groups (broad SMARTS) is 1. The van der Waals surface area contributed by atoms with Crippen molar-refractivity contribution in [1.29, 1.82) is 5.26 Å². The molecule has 2 atom stereocenters. The minimum atomic E-state index is -5.37. The summed E-state index contributed by atoms with van der Waals surface area (Å²) < 4.78 is 97.2.